The van der Waals surface area contributed by atoms with Crippen molar-refractivity contribution in [2.24, 2.45) is 0 Å². The van der Waals surface area contributed by atoms with Crippen molar-refractivity contribution < 1.29 is 9.53 Å². The Bertz CT molecular complexity index is 930. The summed E-state index contributed by atoms with van der Waals surface area (Å²) in [6.45, 7) is 6.86. The number of carbonyl (C=O) groups excluding carboxylic acids is 1. The van der Waals surface area contributed by atoms with Crippen molar-refractivity contribution in [1.29, 1.82) is 0 Å². The van der Waals surface area contributed by atoms with E-state index in [0.717, 1.165) is 55.4 Å². The number of hydrogen-bond acceptors (Lipinski definition) is 4. The first-order chi connectivity index (χ1) is 13.2. The highest BCUT2D eigenvalue weighted by Gasteiger charge is 2.14. The number of rotatable bonds is 5. The smallest absolute Gasteiger partial charge is 0.251 e. The maximum atomic E-state index is 12.5. The summed E-state index contributed by atoms with van der Waals surface area (Å²) in [6.07, 6.45) is 0. The average molecular weight is 364 g/mol. The molecule has 1 aliphatic rings. The van der Waals surface area contributed by atoms with E-state index in [2.05, 4.69) is 31.9 Å². The van der Waals surface area contributed by atoms with E-state index in [0.29, 0.717) is 12.1 Å². The maximum Gasteiger partial charge on any atom is 0.251 e. The molecule has 1 aromatic heterocycles. The van der Waals surface area contributed by atoms with Crippen LogP contribution in [0.25, 0.3) is 16.7 Å². The van der Waals surface area contributed by atoms with Crippen molar-refractivity contribution >= 4 is 16.9 Å². The summed E-state index contributed by atoms with van der Waals surface area (Å²) >= 11 is 0. The quantitative estimate of drug-likeness (QED) is 0.755. The summed E-state index contributed by atoms with van der Waals surface area (Å²) in [5.41, 5.74) is 3.54. The minimum atomic E-state index is -0.0583. The molecule has 27 heavy (non-hydrogen) atoms. The molecule has 2 aromatic carbocycles. The minimum Gasteiger partial charge on any atom is -0.379 e. The third-order valence-electron chi connectivity index (χ3n) is 4.92. The minimum absolute atomic E-state index is 0.0583. The van der Waals surface area contributed by atoms with Gasteiger partial charge < -0.3 is 10.1 Å². The van der Waals surface area contributed by atoms with Gasteiger partial charge in [0.05, 0.1) is 24.2 Å². The Kier molecular flexibility index (Phi) is 5.18. The molecular formula is C21H24N4O2. The average Bonchev–Trinajstić information content (AvgIpc) is 3.04. The van der Waals surface area contributed by atoms with Gasteiger partial charge in [0.25, 0.3) is 5.91 Å². The molecule has 1 N–H and O–H groups in total. The van der Waals surface area contributed by atoms with Gasteiger partial charge in [-0.2, -0.15) is 0 Å². The van der Waals surface area contributed by atoms with Gasteiger partial charge in [0, 0.05) is 37.4 Å². The van der Waals surface area contributed by atoms with Crippen LogP contribution in [-0.2, 0) is 4.74 Å². The highest BCUT2D eigenvalue weighted by atomic mass is 16.5. The van der Waals surface area contributed by atoms with Gasteiger partial charge in [-0.15, -0.1) is 0 Å². The Labute approximate surface area is 158 Å². The summed E-state index contributed by atoms with van der Waals surface area (Å²) in [6, 6.07) is 15.8. The van der Waals surface area contributed by atoms with E-state index < -0.39 is 0 Å². The molecule has 3 aromatic rings. The second kappa shape index (κ2) is 7.90. The first-order valence-electron chi connectivity index (χ1n) is 9.35. The topological polar surface area (TPSA) is 59.4 Å². The molecule has 0 unspecified atom stereocenters. The van der Waals surface area contributed by atoms with E-state index in [1.807, 2.05) is 43.3 Å². The molecule has 0 spiro atoms. The molecule has 0 bridgehead atoms. The lowest BCUT2D eigenvalue weighted by Crippen LogP contribution is -2.41. The summed E-state index contributed by atoms with van der Waals surface area (Å²) in [4.78, 5) is 19.5. The van der Waals surface area contributed by atoms with Gasteiger partial charge in [-0.1, -0.05) is 18.2 Å². The predicted molar refractivity (Wildman–Crippen MR) is 105 cm³/mol. The number of nitrogens with zero attached hydrogens (tertiary/aromatic N) is 3. The van der Waals surface area contributed by atoms with Crippen LogP contribution in [0.15, 0.2) is 48.5 Å². The highest BCUT2D eigenvalue weighted by Crippen LogP contribution is 2.22. The van der Waals surface area contributed by atoms with Gasteiger partial charge in [-0.3, -0.25) is 14.3 Å². The van der Waals surface area contributed by atoms with Crippen LogP contribution in [0.4, 0.5) is 0 Å². The van der Waals surface area contributed by atoms with Crippen molar-refractivity contribution in [3.8, 4) is 5.69 Å². The van der Waals surface area contributed by atoms with Gasteiger partial charge in [-0.05, 0) is 37.3 Å². The van der Waals surface area contributed by atoms with Crippen LogP contribution in [0.2, 0.25) is 0 Å². The number of morpholine rings is 1. The summed E-state index contributed by atoms with van der Waals surface area (Å²) in [7, 11) is 0. The van der Waals surface area contributed by atoms with Gasteiger partial charge in [0.2, 0.25) is 0 Å². The monoisotopic (exact) mass is 364 g/mol. The SMILES string of the molecule is Cc1nc2cc(C(=O)NCCN3CCOCC3)ccc2n1-c1ccccc1. The number of imidazole rings is 1. The van der Waals surface area contributed by atoms with Crippen molar-refractivity contribution in [1.82, 2.24) is 19.8 Å². The van der Waals surface area contributed by atoms with Crippen LogP contribution in [0, 0.1) is 6.92 Å². The van der Waals surface area contributed by atoms with Crippen molar-refractivity contribution in [2.45, 2.75) is 6.92 Å². The molecule has 0 radical (unpaired) electrons. The molecule has 140 valence electrons. The number of benzene rings is 2. The Morgan fingerprint density at radius 1 is 1.15 bits per heavy atom. The van der Waals surface area contributed by atoms with Gasteiger partial charge in [0.15, 0.2) is 0 Å². The molecule has 1 amide bonds. The zero-order chi connectivity index (χ0) is 18.6. The van der Waals surface area contributed by atoms with E-state index in [9.17, 15) is 4.79 Å². The Balaban J connectivity index is 1.47. The number of para-hydroxylation sites is 1. The standard InChI is InChI=1S/C21H24N4O2/c1-16-23-19-15-17(21(26)22-9-10-24-11-13-27-14-12-24)7-8-20(19)25(16)18-5-3-2-4-6-18/h2-8,15H,9-14H2,1H3,(H,22,26). The van der Waals surface area contributed by atoms with Crippen LogP contribution in [-0.4, -0.2) is 59.8 Å². The van der Waals surface area contributed by atoms with E-state index in [1.165, 1.54) is 0 Å². The van der Waals surface area contributed by atoms with Crippen LogP contribution in [0.1, 0.15) is 16.2 Å². The van der Waals surface area contributed by atoms with E-state index in [-0.39, 0.29) is 5.91 Å². The molecule has 1 fully saturated rings. The zero-order valence-corrected chi connectivity index (χ0v) is 15.5. The third-order valence-corrected chi connectivity index (χ3v) is 4.92. The molecule has 6 heteroatoms. The lowest BCUT2D eigenvalue weighted by Gasteiger charge is -2.26. The number of carbonyl (C=O) groups is 1. The number of fused-ring (bicyclic) bond motifs is 1. The van der Waals surface area contributed by atoms with Crippen molar-refractivity contribution in [3.05, 3.63) is 59.9 Å². The summed E-state index contributed by atoms with van der Waals surface area (Å²) in [5.74, 6) is 0.846. The Morgan fingerprint density at radius 3 is 2.70 bits per heavy atom. The summed E-state index contributed by atoms with van der Waals surface area (Å²) in [5, 5.41) is 3.01. The van der Waals surface area contributed by atoms with Crippen molar-refractivity contribution in [2.75, 3.05) is 39.4 Å². The Morgan fingerprint density at radius 2 is 1.93 bits per heavy atom. The lowest BCUT2D eigenvalue weighted by atomic mass is 10.2. The lowest BCUT2D eigenvalue weighted by molar-refractivity contribution is 0.0383. The van der Waals surface area contributed by atoms with Crippen LogP contribution in [0.5, 0.6) is 0 Å². The number of aromatic nitrogens is 2. The zero-order valence-electron chi connectivity index (χ0n) is 15.5. The number of nitrogens with one attached hydrogen (secondary N) is 1. The predicted octanol–water partition coefficient (Wildman–Crippen LogP) is 2.40. The van der Waals surface area contributed by atoms with Gasteiger partial charge >= 0.3 is 0 Å². The second-order valence-electron chi connectivity index (χ2n) is 6.74. The second-order valence-corrected chi connectivity index (χ2v) is 6.74. The van der Waals surface area contributed by atoms with Crippen LogP contribution < -0.4 is 5.32 Å². The van der Waals surface area contributed by atoms with E-state index in [4.69, 9.17) is 4.74 Å². The maximum absolute atomic E-state index is 12.5. The number of ether oxygens (including phenoxy) is 1. The molecule has 1 aliphatic heterocycles. The molecule has 0 aliphatic carbocycles. The fourth-order valence-corrected chi connectivity index (χ4v) is 3.50. The van der Waals surface area contributed by atoms with Gasteiger partial charge in [0.1, 0.15) is 5.82 Å². The number of hydrogen-bond donors (Lipinski definition) is 1. The number of amides is 1. The molecule has 6 nitrogen and oxygen atoms in total. The molecule has 1 saturated heterocycles. The normalized spacial score (nSPS) is 15.1. The highest BCUT2D eigenvalue weighted by molar-refractivity contribution is 5.97. The number of aryl methyl sites for hydroxylation is 1. The first-order valence-corrected chi connectivity index (χ1v) is 9.35. The fourth-order valence-electron chi connectivity index (χ4n) is 3.50. The fraction of sp³-hybridized carbons (Fsp3) is 0.333. The van der Waals surface area contributed by atoms with E-state index >= 15 is 0 Å². The first kappa shape index (κ1) is 17.7. The van der Waals surface area contributed by atoms with Gasteiger partial charge in [-0.25, -0.2) is 4.98 Å². The third kappa shape index (κ3) is 3.86. The molecular weight excluding hydrogens is 340 g/mol. The van der Waals surface area contributed by atoms with Crippen molar-refractivity contribution in [3.63, 3.8) is 0 Å². The van der Waals surface area contributed by atoms with E-state index in [1.54, 1.807) is 0 Å². The molecule has 4 rings (SSSR count). The van der Waals surface area contributed by atoms with Crippen LogP contribution >= 0.6 is 0 Å². The van der Waals surface area contributed by atoms with Crippen LogP contribution in [0.3, 0.4) is 0 Å². The summed E-state index contributed by atoms with van der Waals surface area (Å²) < 4.78 is 7.45. The molecule has 2 heterocycles. The Hall–Kier alpha value is -2.70. The molecule has 0 atom stereocenters. The molecule has 0 saturated carbocycles. The largest absolute Gasteiger partial charge is 0.379 e.